The van der Waals surface area contributed by atoms with Crippen LogP contribution >= 0.6 is 22.7 Å². The molecule has 1 unspecified atom stereocenters. The Bertz CT molecular complexity index is 794. The summed E-state index contributed by atoms with van der Waals surface area (Å²) < 4.78 is 0. The highest BCUT2D eigenvalue weighted by Gasteiger charge is 2.11. The second kappa shape index (κ2) is 7.70. The zero-order valence-electron chi connectivity index (χ0n) is 13.7. The average molecular weight is 359 g/mol. The van der Waals surface area contributed by atoms with Gasteiger partial charge < -0.3 is 10.2 Å². The molecule has 3 rings (SSSR count). The van der Waals surface area contributed by atoms with Crippen molar-refractivity contribution in [1.82, 2.24) is 10.3 Å². The van der Waals surface area contributed by atoms with E-state index in [9.17, 15) is 4.79 Å². The lowest BCUT2D eigenvalue weighted by Gasteiger charge is -2.13. The molecular formula is C18H20N3OS2+. The second-order valence-corrected chi connectivity index (χ2v) is 7.38. The molecule has 0 aliphatic heterocycles. The summed E-state index contributed by atoms with van der Waals surface area (Å²) in [5.41, 5.74) is 4.24. The largest absolute Gasteiger partial charge is 0.355 e. The molecule has 0 fully saturated rings. The number of aromatic nitrogens is 1. The van der Waals surface area contributed by atoms with E-state index >= 15 is 0 Å². The van der Waals surface area contributed by atoms with E-state index in [0.29, 0.717) is 5.56 Å². The second-order valence-electron chi connectivity index (χ2n) is 5.74. The number of thiazole rings is 1. The summed E-state index contributed by atoms with van der Waals surface area (Å²) in [5.74, 6) is -0.0503. The molecule has 2 aromatic heterocycles. The number of nitrogens with one attached hydrogen (secondary N) is 2. The Morgan fingerprint density at radius 1 is 1.17 bits per heavy atom. The standard InChI is InChI=1S/C18H19N3OS2/c1-19-17(22)14-5-3-13(4-6-14)9-21(2)10-16-12-24-18(20-16)15-7-8-23-11-15/h3-8,11-12H,9-10H2,1-2H3,(H,19,22)/p+1. The Morgan fingerprint density at radius 2 is 1.96 bits per heavy atom. The van der Waals surface area contributed by atoms with Crippen molar-refractivity contribution in [3.63, 3.8) is 0 Å². The minimum absolute atomic E-state index is 0.0503. The van der Waals surface area contributed by atoms with Crippen molar-refractivity contribution in [3.05, 3.63) is 63.3 Å². The topological polar surface area (TPSA) is 46.4 Å². The fourth-order valence-electron chi connectivity index (χ4n) is 2.55. The van der Waals surface area contributed by atoms with E-state index in [1.54, 1.807) is 29.7 Å². The van der Waals surface area contributed by atoms with Gasteiger partial charge in [0.2, 0.25) is 0 Å². The predicted octanol–water partition coefficient (Wildman–Crippen LogP) is 2.45. The van der Waals surface area contributed by atoms with E-state index < -0.39 is 0 Å². The number of benzene rings is 1. The molecule has 4 nitrogen and oxygen atoms in total. The van der Waals surface area contributed by atoms with E-state index in [-0.39, 0.29) is 5.91 Å². The van der Waals surface area contributed by atoms with Crippen LogP contribution in [0.3, 0.4) is 0 Å². The monoisotopic (exact) mass is 358 g/mol. The van der Waals surface area contributed by atoms with Crippen molar-refractivity contribution in [2.75, 3.05) is 14.1 Å². The molecular weight excluding hydrogens is 338 g/mol. The van der Waals surface area contributed by atoms with Crippen LogP contribution in [0, 0.1) is 0 Å². The van der Waals surface area contributed by atoms with Gasteiger partial charge in [0.25, 0.3) is 5.91 Å². The molecule has 1 atom stereocenters. The molecule has 124 valence electrons. The fourth-order valence-corrected chi connectivity index (χ4v) is 4.08. The van der Waals surface area contributed by atoms with Crippen LogP contribution in [0.4, 0.5) is 0 Å². The highest BCUT2D eigenvalue weighted by atomic mass is 32.1. The third-order valence-electron chi connectivity index (χ3n) is 3.75. The molecule has 2 heterocycles. The van der Waals surface area contributed by atoms with Gasteiger partial charge in [-0.3, -0.25) is 4.79 Å². The first kappa shape index (κ1) is 16.8. The van der Waals surface area contributed by atoms with Crippen molar-refractivity contribution in [2.45, 2.75) is 13.1 Å². The number of rotatable bonds is 6. The van der Waals surface area contributed by atoms with Gasteiger partial charge in [-0.1, -0.05) is 12.1 Å². The van der Waals surface area contributed by atoms with Gasteiger partial charge >= 0.3 is 0 Å². The first-order chi connectivity index (χ1) is 11.7. The summed E-state index contributed by atoms with van der Waals surface area (Å²) in [5, 5.41) is 10.1. The summed E-state index contributed by atoms with van der Waals surface area (Å²) in [6.45, 7) is 1.79. The lowest BCUT2D eigenvalue weighted by atomic mass is 10.1. The maximum absolute atomic E-state index is 11.6. The number of quaternary nitrogens is 1. The number of carbonyl (C=O) groups is 1. The quantitative estimate of drug-likeness (QED) is 0.711. The van der Waals surface area contributed by atoms with Gasteiger partial charge in [-0.25, -0.2) is 4.98 Å². The summed E-state index contributed by atoms with van der Waals surface area (Å²) in [4.78, 5) is 17.7. The third kappa shape index (κ3) is 4.08. The predicted molar refractivity (Wildman–Crippen MR) is 99.6 cm³/mol. The molecule has 1 aromatic carbocycles. The van der Waals surface area contributed by atoms with Gasteiger partial charge in [-0.2, -0.15) is 11.3 Å². The van der Waals surface area contributed by atoms with Crippen LogP contribution < -0.4 is 10.2 Å². The van der Waals surface area contributed by atoms with E-state index in [2.05, 4.69) is 34.6 Å². The molecule has 0 saturated heterocycles. The first-order valence-corrected chi connectivity index (χ1v) is 9.57. The molecule has 0 bridgehead atoms. The lowest BCUT2D eigenvalue weighted by molar-refractivity contribution is -0.908. The molecule has 3 aromatic rings. The van der Waals surface area contributed by atoms with E-state index in [0.717, 1.165) is 23.8 Å². The Labute approximate surface area is 149 Å². The Hall–Kier alpha value is -2.02. The summed E-state index contributed by atoms with van der Waals surface area (Å²) in [6.07, 6.45) is 0. The number of thiophene rings is 1. The number of amides is 1. The summed E-state index contributed by atoms with van der Waals surface area (Å²) >= 11 is 3.40. The van der Waals surface area contributed by atoms with Crippen molar-refractivity contribution in [1.29, 1.82) is 0 Å². The molecule has 2 N–H and O–H groups in total. The van der Waals surface area contributed by atoms with Crippen LogP contribution in [0.25, 0.3) is 10.6 Å². The van der Waals surface area contributed by atoms with Gasteiger partial charge in [0.15, 0.2) is 0 Å². The van der Waals surface area contributed by atoms with Crippen molar-refractivity contribution in [2.24, 2.45) is 0 Å². The smallest absolute Gasteiger partial charge is 0.251 e. The Kier molecular flexibility index (Phi) is 5.40. The zero-order chi connectivity index (χ0) is 16.9. The number of nitrogens with zero attached hydrogens (tertiary/aromatic N) is 1. The SMILES string of the molecule is CNC(=O)c1ccc(C[NH+](C)Cc2csc(-c3ccsc3)n2)cc1. The normalized spacial score (nSPS) is 12.1. The number of hydrogen-bond acceptors (Lipinski definition) is 4. The maximum atomic E-state index is 11.6. The fraction of sp³-hybridized carbons (Fsp3) is 0.222. The van der Waals surface area contributed by atoms with E-state index in [1.807, 2.05) is 24.3 Å². The summed E-state index contributed by atoms with van der Waals surface area (Å²) in [7, 11) is 3.81. The molecule has 0 spiro atoms. The Balaban J connectivity index is 1.59. The molecule has 0 aliphatic carbocycles. The molecule has 0 radical (unpaired) electrons. The highest BCUT2D eigenvalue weighted by molar-refractivity contribution is 7.14. The van der Waals surface area contributed by atoms with Gasteiger partial charge in [-0.05, 0) is 23.6 Å². The van der Waals surface area contributed by atoms with E-state index in [4.69, 9.17) is 4.98 Å². The number of hydrogen-bond donors (Lipinski definition) is 2. The van der Waals surface area contributed by atoms with Gasteiger partial charge in [0.1, 0.15) is 23.8 Å². The highest BCUT2D eigenvalue weighted by Crippen LogP contribution is 2.25. The van der Waals surface area contributed by atoms with E-state index in [1.165, 1.54) is 16.0 Å². The van der Waals surface area contributed by atoms with Crippen molar-refractivity contribution >= 4 is 28.6 Å². The molecule has 24 heavy (non-hydrogen) atoms. The van der Waals surface area contributed by atoms with Crippen LogP contribution in [-0.4, -0.2) is 25.0 Å². The number of carbonyl (C=O) groups excluding carboxylic acids is 1. The summed E-state index contributed by atoms with van der Waals surface area (Å²) in [6, 6.07) is 9.90. The average Bonchev–Trinajstić information content (AvgIpc) is 3.26. The molecule has 0 saturated carbocycles. The minimum Gasteiger partial charge on any atom is -0.355 e. The van der Waals surface area contributed by atoms with Gasteiger partial charge in [0.05, 0.1) is 7.05 Å². The lowest BCUT2D eigenvalue weighted by Crippen LogP contribution is -3.06. The van der Waals surface area contributed by atoms with Gasteiger partial charge in [-0.15, -0.1) is 11.3 Å². The molecule has 1 amide bonds. The van der Waals surface area contributed by atoms with Crippen LogP contribution in [0.2, 0.25) is 0 Å². The zero-order valence-corrected chi connectivity index (χ0v) is 15.3. The van der Waals surface area contributed by atoms with Gasteiger partial charge in [0, 0.05) is 34.5 Å². The molecule has 6 heteroatoms. The minimum atomic E-state index is -0.0503. The van der Waals surface area contributed by atoms with Crippen molar-refractivity contribution < 1.29 is 9.69 Å². The van der Waals surface area contributed by atoms with Crippen LogP contribution in [0.1, 0.15) is 21.6 Å². The molecule has 0 aliphatic rings. The van der Waals surface area contributed by atoms with Crippen LogP contribution in [0.5, 0.6) is 0 Å². The van der Waals surface area contributed by atoms with Crippen LogP contribution in [0.15, 0.2) is 46.5 Å². The Morgan fingerprint density at radius 3 is 2.62 bits per heavy atom. The van der Waals surface area contributed by atoms with Crippen LogP contribution in [-0.2, 0) is 13.1 Å². The van der Waals surface area contributed by atoms with Crippen molar-refractivity contribution in [3.8, 4) is 10.6 Å². The first-order valence-electron chi connectivity index (χ1n) is 7.75. The third-order valence-corrected chi connectivity index (χ3v) is 5.38. The maximum Gasteiger partial charge on any atom is 0.251 e.